The second-order valence-corrected chi connectivity index (χ2v) is 19.9. The van der Waals surface area contributed by atoms with E-state index in [4.69, 9.17) is 33.5 Å². The molecule has 0 aliphatic carbocycles. The first-order chi connectivity index (χ1) is 38.8. The summed E-state index contributed by atoms with van der Waals surface area (Å²) >= 11 is 5.85. The summed E-state index contributed by atoms with van der Waals surface area (Å²) in [5.74, 6) is -15.9. The molecule has 0 unspecified atom stereocenters. The van der Waals surface area contributed by atoms with Gasteiger partial charge in [-0.15, -0.1) is 11.6 Å². The number of halogens is 1. The maximum atomic E-state index is 14.1. The summed E-state index contributed by atoms with van der Waals surface area (Å²) in [6, 6.07) is -15.3. The van der Waals surface area contributed by atoms with Crippen molar-refractivity contribution >= 4 is 76.7 Å². The van der Waals surface area contributed by atoms with Crippen molar-refractivity contribution in [3.8, 4) is 0 Å². The van der Waals surface area contributed by atoms with Crippen LogP contribution in [-0.2, 0) is 57.5 Å². The van der Waals surface area contributed by atoms with Crippen LogP contribution in [0.4, 0.5) is 0 Å². The van der Waals surface area contributed by atoms with Gasteiger partial charge in [-0.1, -0.05) is 64.4 Å². The summed E-state index contributed by atoms with van der Waals surface area (Å²) < 4.78 is 5.26. The minimum absolute atomic E-state index is 0.0276. The van der Waals surface area contributed by atoms with Crippen LogP contribution in [0.2, 0.25) is 0 Å². The average Bonchev–Trinajstić information content (AvgIpc) is 3.44. The normalized spacial score (nSPS) is 25.1. The van der Waals surface area contributed by atoms with Gasteiger partial charge in [0, 0.05) is 6.61 Å². The van der Waals surface area contributed by atoms with Gasteiger partial charge in [-0.2, -0.15) is 0 Å². The van der Waals surface area contributed by atoms with Crippen molar-refractivity contribution in [1.82, 2.24) is 47.9 Å². The topological polar surface area (TPSA) is 525 Å². The number of rotatable bonds is 27. The lowest BCUT2D eigenvalue weighted by atomic mass is 10.0. The van der Waals surface area contributed by atoms with E-state index in [0.717, 1.165) is 57.9 Å². The molecule has 0 saturated carbocycles. The van der Waals surface area contributed by atoms with Gasteiger partial charge in [-0.25, -0.2) is 9.59 Å². The van der Waals surface area contributed by atoms with E-state index in [0.29, 0.717) is 6.42 Å². The van der Waals surface area contributed by atoms with Crippen molar-refractivity contribution in [2.24, 2.45) is 17.2 Å². The highest BCUT2D eigenvalue weighted by Crippen LogP contribution is 2.14. The molecule has 1 aliphatic rings. The molecule has 22 N–H and O–H groups in total. The molecule has 0 spiro atoms. The van der Waals surface area contributed by atoms with Gasteiger partial charge in [-0.05, 0) is 72.0 Å². The number of carbonyl (C=O) groups excluding carboxylic acids is 10. The van der Waals surface area contributed by atoms with Crippen molar-refractivity contribution in [3.63, 3.8) is 0 Å². The van der Waals surface area contributed by atoms with Crippen LogP contribution in [0.5, 0.6) is 0 Å². The summed E-state index contributed by atoms with van der Waals surface area (Å²) in [6.07, 6.45) is -3.41. The Balaban J connectivity index is 3.97. The van der Waals surface area contributed by atoms with Gasteiger partial charge in [0.2, 0.25) is 47.3 Å². The zero-order valence-corrected chi connectivity index (χ0v) is 47.3. The number of allylic oxidation sites excluding steroid dienone is 1. The van der Waals surface area contributed by atoms with Gasteiger partial charge in [0.15, 0.2) is 12.1 Å². The number of aliphatic hydroxyl groups excluding tert-OH is 6. The molecule has 32 heteroatoms. The van der Waals surface area contributed by atoms with Crippen LogP contribution in [0.1, 0.15) is 117 Å². The Kier molecular flexibility index (Phi) is 36.1. The number of unbranched alkanes of at least 4 members (excludes halogenated alkanes) is 7. The molecule has 1 aliphatic heterocycles. The number of esters is 1. The maximum Gasteiger partial charge on any atom is 0.335 e. The molecule has 31 nitrogen and oxygen atoms in total. The summed E-state index contributed by atoms with van der Waals surface area (Å²) in [6.45, 7) is 1.80. The second-order valence-electron chi connectivity index (χ2n) is 19.6. The Bertz CT molecular complexity index is 2130. The van der Waals surface area contributed by atoms with Crippen molar-refractivity contribution in [2.45, 2.75) is 196 Å². The predicted molar refractivity (Wildman–Crippen MR) is 292 cm³/mol. The van der Waals surface area contributed by atoms with E-state index in [-0.39, 0.29) is 51.7 Å². The summed E-state index contributed by atoms with van der Waals surface area (Å²) in [7, 11) is 0. The van der Waals surface area contributed by atoms with Gasteiger partial charge in [-0.3, -0.25) is 43.2 Å². The van der Waals surface area contributed by atoms with Crippen molar-refractivity contribution in [2.75, 3.05) is 38.7 Å². The molecule has 0 aromatic rings. The van der Waals surface area contributed by atoms with Gasteiger partial charge in [0.25, 0.3) is 5.91 Å². The molecular formula is C50H87ClN12O19. The zero-order chi connectivity index (χ0) is 62.1. The number of aliphatic carboxylic acids is 1. The first kappa shape index (κ1) is 73.9. The number of hydrogen-bond acceptors (Lipinski definition) is 21. The molecular weight excluding hydrogens is 1110 g/mol. The van der Waals surface area contributed by atoms with Gasteiger partial charge < -0.3 is 106 Å². The number of nitrogens with one attached hydrogen (secondary N) is 9. The van der Waals surface area contributed by atoms with E-state index in [1.54, 1.807) is 0 Å². The number of alkyl halides is 1. The number of aliphatic hydroxyl groups is 6. The molecule has 1 saturated heterocycles. The molecule has 0 radical (unpaired) electrons. The third-order valence-electron chi connectivity index (χ3n) is 12.9. The van der Waals surface area contributed by atoms with Crippen LogP contribution in [0.15, 0.2) is 11.8 Å². The molecule has 13 atom stereocenters. The fraction of sp³-hybridized carbons (Fsp3) is 0.740. The highest BCUT2D eigenvalue weighted by atomic mass is 35.5. The molecule has 82 heavy (non-hydrogen) atoms. The highest BCUT2D eigenvalue weighted by Gasteiger charge is 2.41. The smallest absolute Gasteiger partial charge is 0.335 e. The Hall–Kier alpha value is -6.16. The predicted octanol–water partition coefficient (Wildman–Crippen LogP) is -6.67. The van der Waals surface area contributed by atoms with E-state index < -0.39 is 182 Å². The fourth-order valence-corrected chi connectivity index (χ4v) is 8.25. The number of carboxylic acid groups (broad SMARTS) is 1. The lowest BCUT2D eigenvalue weighted by Gasteiger charge is -2.29. The number of amides is 9. The van der Waals surface area contributed by atoms with E-state index in [1.165, 1.54) is 6.92 Å². The average molecular weight is 1200 g/mol. The number of hydrogen-bond donors (Lipinski definition) is 19. The zero-order valence-electron chi connectivity index (χ0n) is 46.6. The van der Waals surface area contributed by atoms with Gasteiger partial charge >= 0.3 is 11.9 Å². The Morgan fingerprint density at radius 2 is 1.13 bits per heavy atom. The molecule has 0 aromatic carbocycles. The second kappa shape index (κ2) is 40.1. The van der Waals surface area contributed by atoms with Crippen LogP contribution in [0.3, 0.4) is 0 Å². The maximum absolute atomic E-state index is 14.1. The third-order valence-corrected chi connectivity index (χ3v) is 13.2. The summed E-state index contributed by atoms with van der Waals surface area (Å²) in [4.78, 5) is 150. The van der Waals surface area contributed by atoms with Gasteiger partial charge in [0.05, 0.1) is 36.7 Å². The SMILES string of the molecule is C/C=C1/NC(=O)[C@H]([C@H](C)O)NC(=O)[C@@H](CCCN)NC(=O)[C@@H](CCO)NC(=O)[C@H](CCN)NC(=O)[C@@H](CCN)NC(=O)[C@H](NC(=O)C[C@@H](O)[C@@H](O)CCCCCCCCCC)COC(=O)[C@@H]([C@H](O)CCl)NC(=O)[C@@H]([C@@H](O)C(=O)O)NC1=O. The molecule has 9 amide bonds. The number of carbonyl (C=O) groups is 11. The van der Waals surface area contributed by atoms with E-state index >= 15 is 0 Å². The molecule has 1 rings (SSSR count). The number of nitrogens with two attached hydrogens (primary N) is 3. The molecule has 1 heterocycles. The standard InChI is InChI=1S/C50H87ClN12O19/c1-4-6-7-8-9-10-11-12-15-33(66)34(67)23-36(69)55-32-25-82-50(81)38(35(68)24-51)62-48(78)39(40(70)49(79)80)63-41(71)27(5-2)56-47(77)37(26(3)65)61-45(75)28(14-13-19-52)57-44(74)31(18-22-64)60-43(73)29(16-20-53)58-42(72)30(17-21-54)59-46(32)76/h5,26,28-35,37-40,64-68,70H,4,6-25,52-54H2,1-3H3,(H,55,69)(H,56,77)(H,57,74)(H,58,72)(H,59,76)(H,60,73)(H,61,75)(H,62,78)(H,63,71)(H,79,80)/b27-5+/t26-,28+,29-,30+,31+,32+,33-,34+,35+,37-,38+,39+,40+/m0/s1. The van der Waals surface area contributed by atoms with Crippen molar-refractivity contribution in [3.05, 3.63) is 11.8 Å². The quantitative estimate of drug-likeness (QED) is 0.0157. The molecule has 0 bridgehead atoms. The van der Waals surface area contributed by atoms with E-state index in [9.17, 15) is 88.5 Å². The van der Waals surface area contributed by atoms with E-state index in [1.807, 2.05) is 10.6 Å². The Morgan fingerprint density at radius 3 is 1.62 bits per heavy atom. The first-order valence-electron chi connectivity index (χ1n) is 27.3. The largest absolute Gasteiger partial charge is 0.479 e. The van der Waals surface area contributed by atoms with Crippen LogP contribution in [0.25, 0.3) is 0 Å². The molecule has 1 fully saturated rings. The van der Waals surface area contributed by atoms with Crippen LogP contribution < -0.4 is 65.1 Å². The minimum Gasteiger partial charge on any atom is -0.479 e. The monoisotopic (exact) mass is 1190 g/mol. The first-order valence-corrected chi connectivity index (χ1v) is 27.9. The summed E-state index contributed by atoms with van der Waals surface area (Å²) in [5.41, 5.74) is 16.5. The lowest BCUT2D eigenvalue weighted by Crippen LogP contribution is -2.62. The Morgan fingerprint density at radius 1 is 0.634 bits per heavy atom. The van der Waals surface area contributed by atoms with Crippen LogP contribution in [0, 0.1) is 0 Å². The highest BCUT2D eigenvalue weighted by molar-refractivity contribution is 6.18. The van der Waals surface area contributed by atoms with Crippen molar-refractivity contribution < 1.29 is 93.2 Å². The van der Waals surface area contributed by atoms with E-state index in [2.05, 4.69) is 44.1 Å². The van der Waals surface area contributed by atoms with Crippen molar-refractivity contribution in [1.29, 1.82) is 0 Å². The molecule has 468 valence electrons. The number of carboxylic acids is 1. The van der Waals surface area contributed by atoms with Gasteiger partial charge in [0.1, 0.15) is 54.6 Å². The van der Waals surface area contributed by atoms with Crippen LogP contribution >= 0.6 is 11.6 Å². The summed E-state index contributed by atoms with van der Waals surface area (Å²) in [5, 5.41) is 93.1. The lowest BCUT2D eigenvalue weighted by molar-refractivity contribution is -0.155. The minimum atomic E-state index is -2.83. The number of cyclic esters (lactones) is 1. The molecule has 0 aromatic heterocycles. The third kappa shape index (κ3) is 26.4. The number of ether oxygens (including phenoxy) is 1. The van der Waals surface area contributed by atoms with Crippen LogP contribution in [-0.4, -0.2) is 218 Å². The fourth-order valence-electron chi connectivity index (χ4n) is 8.07. The Labute approximate surface area is 480 Å².